The number of hydrogen-bond acceptors (Lipinski definition) is 2. The molecule has 84 valence electrons. The van der Waals surface area contributed by atoms with E-state index in [1.807, 2.05) is 17.8 Å². The molecule has 0 radical (unpaired) electrons. The van der Waals surface area contributed by atoms with Gasteiger partial charge in [0, 0.05) is 18.3 Å². The van der Waals surface area contributed by atoms with Crippen LogP contribution in [0.25, 0.3) is 0 Å². The zero-order chi connectivity index (χ0) is 11.5. The smallest absolute Gasteiger partial charge is 0.123 e. The molecule has 3 nitrogen and oxygen atoms in total. The summed E-state index contributed by atoms with van der Waals surface area (Å²) in [5.41, 5.74) is 7.53. The first-order valence-electron chi connectivity index (χ1n) is 5.19. The first-order valence-corrected chi connectivity index (χ1v) is 5.19. The van der Waals surface area contributed by atoms with E-state index in [0.717, 1.165) is 11.1 Å². The van der Waals surface area contributed by atoms with Crippen LogP contribution < -0.4 is 5.73 Å². The van der Waals surface area contributed by atoms with Crippen LogP contribution in [0.4, 0.5) is 4.39 Å². The van der Waals surface area contributed by atoms with E-state index in [-0.39, 0.29) is 11.9 Å². The number of halogens is 1. The molecule has 1 atom stereocenters. The third kappa shape index (κ3) is 2.12. The fourth-order valence-corrected chi connectivity index (χ4v) is 1.59. The molecule has 0 fully saturated rings. The van der Waals surface area contributed by atoms with Crippen molar-refractivity contribution in [2.24, 2.45) is 5.73 Å². The number of nitrogens with zero attached hydrogens (tertiary/aromatic N) is 2. The Morgan fingerprint density at radius 3 is 2.62 bits per heavy atom. The molecular formula is C12H14FN3. The van der Waals surface area contributed by atoms with E-state index in [0.29, 0.717) is 6.54 Å². The van der Waals surface area contributed by atoms with Crippen molar-refractivity contribution in [3.8, 4) is 0 Å². The summed E-state index contributed by atoms with van der Waals surface area (Å²) in [5, 5.41) is 4.23. The van der Waals surface area contributed by atoms with Gasteiger partial charge in [0.15, 0.2) is 0 Å². The van der Waals surface area contributed by atoms with Crippen molar-refractivity contribution in [3.63, 3.8) is 0 Å². The Bertz CT molecular complexity index is 461. The van der Waals surface area contributed by atoms with Gasteiger partial charge in [-0.15, -0.1) is 0 Å². The number of hydrogen-bond donors (Lipinski definition) is 1. The zero-order valence-corrected chi connectivity index (χ0v) is 9.10. The van der Waals surface area contributed by atoms with Crippen molar-refractivity contribution in [2.45, 2.75) is 19.5 Å². The van der Waals surface area contributed by atoms with E-state index in [1.54, 1.807) is 18.3 Å². The largest absolute Gasteiger partial charge is 0.326 e. The summed E-state index contributed by atoms with van der Waals surface area (Å²) in [6.45, 7) is 2.50. The molecule has 0 bridgehead atoms. The monoisotopic (exact) mass is 219 g/mol. The lowest BCUT2D eigenvalue weighted by Crippen LogP contribution is -2.07. The summed E-state index contributed by atoms with van der Waals surface area (Å²) >= 11 is 0. The maximum Gasteiger partial charge on any atom is 0.123 e. The van der Waals surface area contributed by atoms with Gasteiger partial charge >= 0.3 is 0 Å². The number of rotatable bonds is 3. The minimum Gasteiger partial charge on any atom is -0.326 e. The van der Waals surface area contributed by atoms with Crippen LogP contribution in [-0.2, 0) is 6.54 Å². The first-order chi connectivity index (χ1) is 7.70. The summed E-state index contributed by atoms with van der Waals surface area (Å²) in [5.74, 6) is -0.223. The van der Waals surface area contributed by atoms with Gasteiger partial charge < -0.3 is 5.73 Å². The Morgan fingerprint density at radius 1 is 1.38 bits per heavy atom. The molecule has 0 aliphatic heterocycles. The summed E-state index contributed by atoms with van der Waals surface area (Å²) in [4.78, 5) is 0. The number of nitrogens with two attached hydrogens (primary N) is 1. The van der Waals surface area contributed by atoms with Crippen LogP contribution in [0.5, 0.6) is 0 Å². The average molecular weight is 219 g/mol. The van der Waals surface area contributed by atoms with Crippen LogP contribution in [0.15, 0.2) is 36.7 Å². The summed E-state index contributed by atoms with van der Waals surface area (Å²) in [6, 6.07) is 6.53. The van der Waals surface area contributed by atoms with E-state index in [4.69, 9.17) is 5.73 Å². The van der Waals surface area contributed by atoms with Gasteiger partial charge in [0.1, 0.15) is 5.82 Å². The molecule has 1 aromatic heterocycles. The molecule has 0 saturated carbocycles. The van der Waals surface area contributed by atoms with Gasteiger partial charge in [-0.05, 0) is 24.6 Å². The van der Waals surface area contributed by atoms with Crippen LogP contribution in [0.1, 0.15) is 24.1 Å². The van der Waals surface area contributed by atoms with Gasteiger partial charge in [0.05, 0.1) is 12.2 Å². The minimum absolute atomic E-state index is 0.0842. The van der Waals surface area contributed by atoms with Gasteiger partial charge in [-0.1, -0.05) is 12.1 Å². The predicted octanol–water partition coefficient (Wildman–Crippen LogP) is 2.09. The highest BCUT2D eigenvalue weighted by Crippen LogP contribution is 2.17. The molecule has 16 heavy (non-hydrogen) atoms. The lowest BCUT2D eigenvalue weighted by Gasteiger charge is -2.12. The summed E-state index contributed by atoms with van der Waals surface area (Å²) in [6.07, 6.45) is 3.66. The maximum atomic E-state index is 12.8. The van der Waals surface area contributed by atoms with Gasteiger partial charge in [0.2, 0.25) is 0 Å². The van der Waals surface area contributed by atoms with E-state index in [2.05, 4.69) is 5.10 Å². The fraction of sp³-hybridized carbons (Fsp3) is 0.250. The molecule has 1 heterocycles. The molecule has 4 heteroatoms. The molecule has 2 rings (SSSR count). The third-order valence-corrected chi connectivity index (χ3v) is 2.64. The third-order valence-electron chi connectivity index (χ3n) is 2.64. The van der Waals surface area contributed by atoms with Crippen molar-refractivity contribution in [1.82, 2.24) is 9.78 Å². The molecule has 1 unspecified atom stereocenters. The molecule has 2 N–H and O–H groups in total. The van der Waals surface area contributed by atoms with E-state index in [1.165, 1.54) is 12.1 Å². The minimum atomic E-state index is -0.223. The standard InChI is InChI=1S/C12H14FN3/c1-9(11-2-4-12(13)5-3-11)16-8-10(6-14)7-15-16/h2-5,7-9H,6,14H2,1H3. The van der Waals surface area contributed by atoms with Gasteiger partial charge in [-0.25, -0.2) is 4.39 Å². The second-order valence-electron chi connectivity index (χ2n) is 3.76. The van der Waals surface area contributed by atoms with E-state index >= 15 is 0 Å². The second kappa shape index (κ2) is 4.45. The highest BCUT2D eigenvalue weighted by atomic mass is 19.1. The first kappa shape index (κ1) is 10.8. The molecule has 0 saturated heterocycles. The molecule has 0 amide bonds. The quantitative estimate of drug-likeness (QED) is 0.859. The highest BCUT2D eigenvalue weighted by Gasteiger charge is 2.08. The zero-order valence-electron chi connectivity index (χ0n) is 9.10. The Morgan fingerprint density at radius 2 is 2.06 bits per heavy atom. The molecule has 0 spiro atoms. The van der Waals surface area contributed by atoms with Gasteiger partial charge in [-0.2, -0.15) is 5.10 Å². The Hall–Kier alpha value is -1.68. The van der Waals surface area contributed by atoms with E-state index in [9.17, 15) is 4.39 Å². The van der Waals surface area contributed by atoms with Crippen LogP contribution in [0, 0.1) is 5.82 Å². The molecule has 2 aromatic rings. The summed E-state index contributed by atoms with van der Waals surface area (Å²) < 4.78 is 14.6. The highest BCUT2D eigenvalue weighted by molar-refractivity contribution is 5.20. The topological polar surface area (TPSA) is 43.8 Å². The average Bonchev–Trinajstić information content (AvgIpc) is 2.77. The normalized spacial score (nSPS) is 12.7. The molecule has 0 aliphatic rings. The van der Waals surface area contributed by atoms with Crippen molar-refractivity contribution >= 4 is 0 Å². The fourth-order valence-electron chi connectivity index (χ4n) is 1.59. The Kier molecular flexibility index (Phi) is 3.01. The molecular weight excluding hydrogens is 205 g/mol. The molecule has 1 aromatic carbocycles. The van der Waals surface area contributed by atoms with Crippen LogP contribution >= 0.6 is 0 Å². The van der Waals surface area contributed by atoms with Gasteiger partial charge in [-0.3, -0.25) is 4.68 Å². The lowest BCUT2D eigenvalue weighted by molar-refractivity contribution is 0.561. The molecule has 0 aliphatic carbocycles. The van der Waals surface area contributed by atoms with Crippen molar-refractivity contribution in [1.29, 1.82) is 0 Å². The second-order valence-corrected chi connectivity index (χ2v) is 3.76. The van der Waals surface area contributed by atoms with Crippen molar-refractivity contribution in [3.05, 3.63) is 53.6 Å². The Labute approximate surface area is 93.7 Å². The van der Waals surface area contributed by atoms with Crippen LogP contribution in [-0.4, -0.2) is 9.78 Å². The number of aromatic nitrogens is 2. The maximum absolute atomic E-state index is 12.8. The Balaban J connectivity index is 2.24. The van der Waals surface area contributed by atoms with Crippen LogP contribution in [0.3, 0.4) is 0 Å². The summed E-state index contributed by atoms with van der Waals surface area (Å²) in [7, 11) is 0. The van der Waals surface area contributed by atoms with Crippen LogP contribution in [0.2, 0.25) is 0 Å². The van der Waals surface area contributed by atoms with Crippen molar-refractivity contribution < 1.29 is 4.39 Å². The SMILES string of the molecule is CC(c1ccc(F)cc1)n1cc(CN)cn1. The predicted molar refractivity (Wildman–Crippen MR) is 60.3 cm³/mol. The van der Waals surface area contributed by atoms with Crippen molar-refractivity contribution in [2.75, 3.05) is 0 Å². The lowest BCUT2D eigenvalue weighted by atomic mass is 10.1. The van der Waals surface area contributed by atoms with Gasteiger partial charge in [0.25, 0.3) is 0 Å². The van der Waals surface area contributed by atoms with E-state index < -0.39 is 0 Å². The number of benzene rings is 1.